The molecule has 0 aliphatic heterocycles. The number of rotatable bonds is 8. The molecule has 0 amide bonds. The topological polar surface area (TPSA) is 101 Å². The number of unbranched alkanes of at least 4 members (excludes halogenated alkanes) is 1. The van der Waals surface area contributed by atoms with Crippen LogP contribution in [0.3, 0.4) is 0 Å². The van der Waals surface area contributed by atoms with Crippen molar-refractivity contribution in [3.05, 3.63) is 27.9 Å². The molecule has 0 aromatic carbocycles. The second kappa shape index (κ2) is 8.07. The lowest BCUT2D eigenvalue weighted by molar-refractivity contribution is -0.385. The third-order valence-electron chi connectivity index (χ3n) is 2.50. The molecule has 0 bridgehead atoms. The van der Waals surface area contributed by atoms with E-state index in [4.69, 9.17) is 10.00 Å². The number of anilines is 1. The summed E-state index contributed by atoms with van der Waals surface area (Å²) in [5.74, 6) is 0.469. The number of nitrogens with zero attached hydrogens (tertiary/aromatic N) is 3. The molecule has 1 rings (SSSR count). The highest BCUT2D eigenvalue weighted by atomic mass is 16.6. The zero-order valence-corrected chi connectivity index (χ0v) is 11.6. The van der Waals surface area contributed by atoms with Crippen molar-refractivity contribution in [3.63, 3.8) is 0 Å². The smallest absolute Gasteiger partial charge is 0.305 e. The highest BCUT2D eigenvalue weighted by Crippen LogP contribution is 2.17. The Hall–Kier alpha value is -2.20. The van der Waals surface area contributed by atoms with E-state index in [0.717, 1.165) is 12.8 Å². The van der Waals surface area contributed by atoms with Gasteiger partial charge in [0.1, 0.15) is 11.9 Å². The molecule has 0 fully saturated rings. The Morgan fingerprint density at radius 1 is 1.50 bits per heavy atom. The normalized spacial score (nSPS) is 10.3. The van der Waals surface area contributed by atoms with Crippen molar-refractivity contribution in [1.82, 2.24) is 4.98 Å². The van der Waals surface area contributed by atoms with E-state index in [1.165, 1.54) is 12.1 Å². The molecule has 0 radical (unpaired) electrons. The number of nitro groups is 1. The third-order valence-corrected chi connectivity index (χ3v) is 2.50. The summed E-state index contributed by atoms with van der Waals surface area (Å²) in [7, 11) is 0. The van der Waals surface area contributed by atoms with Gasteiger partial charge in [0.15, 0.2) is 0 Å². The summed E-state index contributed by atoms with van der Waals surface area (Å²) < 4.78 is 5.41. The number of aromatic nitrogens is 1. The summed E-state index contributed by atoms with van der Waals surface area (Å²) in [6.45, 7) is 5.36. The van der Waals surface area contributed by atoms with Gasteiger partial charge in [-0.25, -0.2) is 4.98 Å². The molecule has 108 valence electrons. The fraction of sp³-hybridized carbons (Fsp3) is 0.538. The van der Waals surface area contributed by atoms with Crippen LogP contribution in [0.5, 0.6) is 0 Å². The summed E-state index contributed by atoms with van der Waals surface area (Å²) in [6, 6.07) is 4.52. The number of ether oxygens (including phenoxy) is 1. The van der Waals surface area contributed by atoms with Crippen LogP contribution in [0, 0.1) is 21.4 Å². The largest absolute Gasteiger partial charge is 0.379 e. The number of nitriles is 1. The molecule has 0 saturated carbocycles. The van der Waals surface area contributed by atoms with Gasteiger partial charge in [-0.1, -0.05) is 0 Å². The summed E-state index contributed by atoms with van der Waals surface area (Å²) in [5.41, 5.74) is -0.452. The molecule has 0 saturated heterocycles. The monoisotopic (exact) mass is 278 g/mol. The maximum atomic E-state index is 10.7. The van der Waals surface area contributed by atoms with Crippen LogP contribution in [0.2, 0.25) is 0 Å². The van der Waals surface area contributed by atoms with Crippen molar-refractivity contribution < 1.29 is 9.66 Å². The molecule has 0 unspecified atom stereocenters. The minimum Gasteiger partial charge on any atom is -0.379 e. The molecule has 1 N–H and O–H groups in total. The van der Waals surface area contributed by atoms with Crippen molar-refractivity contribution in [1.29, 1.82) is 5.26 Å². The lowest BCUT2D eigenvalue weighted by Gasteiger charge is -2.08. The van der Waals surface area contributed by atoms with E-state index < -0.39 is 4.92 Å². The lowest BCUT2D eigenvalue weighted by Crippen LogP contribution is -2.08. The standard InChI is InChI=1S/C13H18N4O3/c1-10(2)20-8-4-3-7-15-13-6-5-12(17(18)19)11(9-14)16-13/h5-6,10H,3-4,7-8H2,1-2H3,(H,15,16). The number of nitrogens with one attached hydrogen (secondary N) is 1. The quantitative estimate of drug-likeness (QED) is 0.445. The Morgan fingerprint density at radius 3 is 2.85 bits per heavy atom. The van der Waals surface area contributed by atoms with Gasteiger partial charge in [0, 0.05) is 19.2 Å². The van der Waals surface area contributed by atoms with E-state index >= 15 is 0 Å². The number of hydrogen-bond donors (Lipinski definition) is 1. The second-order valence-corrected chi connectivity index (χ2v) is 4.49. The van der Waals surface area contributed by atoms with Crippen molar-refractivity contribution in [2.75, 3.05) is 18.5 Å². The number of pyridine rings is 1. The Balaban J connectivity index is 2.42. The molecular weight excluding hydrogens is 260 g/mol. The Morgan fingerprint density at radius 2 is 2.25 bits per heavy atom. The van der Waals surface area contributed by atoms with Crippen LogP contribution in [0.4, 0.5) is 11.5 Å². The Bertz CT molecular complexity index is 497. The maximum Gasteiger partial charge on any atom is 0.305 e. The molecule has 7 heteroatoms. The summed E-state index contributed by atoms with van der Waals surface area (Å²) in [4.78, 5) is 14.0. The SMILES string of the molecule is CC(C)OCCCCNc1ccc([N+](=O)[O-])c(C#N)n1. The first-order valence-corrected chi connectivity index (χ1v) is 6.45. The molecule has 7 nitrogen and oxygen atoms in total. The van der Waals surface area contributed by atoms with E-state index in [9.17, 15) is 10.1 Å². The van der Waals surface area contributed by atoms with Crippen LogP contribution in [-0.2, 0) is 4.74 Å². The molecule has 1 aromatic heterocycles. The van der Waals surface area contributed by atoms with Crippen molar-refractivity contribution in [3.8, 4) is 6.07 Å². The van der Waals surface area contributed by atoms with Gasteiger partial charge >= 0.3 is 5.69 Å². The Labute approximate surface area is 117 Å². The van der Waals surface area contributed by atoms with Gasteiger partial charge in [0.2, 0.25) is 5.69 Å². The van der Waals surface area contributed by atoms with Gasteiger partial charge in [-0.3, -0.25) is 10.1 Å². The van der Waals surface area contributed by atoms with Gasteiger partial charge in [-0.15, -0.1) is 0 Å². The van der Waals surface area contributed by atoms with Gasteiger partial charge in [-0.2, -0.15) is 5.26 Å². The molecule has 0 atom stereocenters. The third kappa shape index (κ3) is 5.20. The van der Waals surface area contributed by atoms with Gasteiger partial charge in [0.25, 0.3) is 0 Å². The first kappa shape index (κ1) is 15.9. The van der Waals surface area contributed by atoms with Crippen LogP contribution < -0.4 is 5.32 Å². The zero-order valence-electron chi connectivity index (χ0n) is 11.6. The minimum atomic E-state index is -0.613. The fourth-order valence-corrected chi connectivity index (χ4v) is 1.54. The first-order valence-electron chi connectivity index (χ1n) is 6.45. The maximum absolute atomic E-state index is 10.7. The molecule has 1 heterocycles. The van der Waals surface area contributed by atoms with E-state index in [1.54, 1.807) is 6.07 Å². The van der Waals surface area contributed by atoms with Crippen molar-refractivity contribution in [2.45, 2.75) is 32.8 Å². The second-order valence-electron chi connectivity index (χ2n) is 4.49. The van der Waals surface area contributed by atoms with Crippen molar-refractivity contribution >= 4 is 11.5 Å². The summed E-state index contributed by atoms with van der Waals surface area (Å²) in [5, 5.41) is 22.5. The molecule has 0 spiro atoms. The average molecular weight is 278 g/mol. The van der Waals surface area contributed by atoms with Gasteiger partial charge in [0.05, 0.1) is 11.0 Å². The first-order chi connectivity index (χ1) is 9.54. The molecule has 20 heavy (non-hydrogen) atoms. The Kier molecular flexibility index (Phi) is 6.40. The summed E-state index contributed by atoms with van der Waals surface area (Å²) in [6.07, 6.45) is 2.05. The molecular formula is C13H18N4O3. The van der Waals surface area contributed by atoms with E-state index in [2.05, 4.69) is 10.3 Å². The summed E-state index contributed by atoms with van der Waals surface area (Å²) >= 11 is 0. The highest BCUT2D eigenvalue weighted by Gasteiger charge is 2.15. The fourth-order valence-electron chi connectivity index (χ4n) is 1.54. The van der Waals surface area contributed by atoms with E-state index in [0.29, 0.717) is 19.0 Å². The minimum absolute atomic E-state index is 0.178. The number of hydrogen-bond acceptors (Lipinski definition) is 6. The lowest BCUT2D eigenvalue weighted by atomic mass is 10.3. The van der Waals surface area contributed by atoms with Gasteiger partial charge < -0.3 is 10.1 Å². The molecule has 0 aliphatic rings. The molecule has 0 aliphatic carbocycles. The van der Waals surface area contributed by atoms with Crippen LogP contribution in [0.15, 0.2) is 12.1 Å². The zero-order chi connectivity index (χ0) is 15.0. The predicted octanol–water partition coefficient (Wildman–Crippen LogP) is 2.48. The van der Waals surface area contributed by atoms with Crippen molar-refractivity contribution in [2.24, 2.45) is 0 Å². The van der Waals surface area contributed by atoms with Crippen LogP contribution >= 0.6 is 0 Å². The van der Waals surface area contributed by atoms with Crippen LogP contribution in [0.1, 0.15) is 32.4 Å². The van der Waals surface area contributed by atoms with E-state index in [1.807, 2.05) is 13.8 Å². The average Bonchev–Trinajstić information content (AvgIpc) is 2.41. The highest BCUT2D eigenvalue weighted by molar-refractivity contribution is 5.50. The predicted molar refractivity (Wildman–Crippen MR) is 74.4 cm³/mol. The molecule has 1 aromatic rings. The van der Waals surface area contributed by atoms with Crippen LogP contribution in [-0.4, -0.2) is 29.2 Å². The van der Waals surface area contributed by atoms with Crippen LogP contribution in [0.25, 0.3) is 0 Å². The van der Waals surface area contributed by atoms with E-state index in [-0.39, 0.29) is 17.5 Å². The van der Waals surface area contributed by atoms with Gasteiger partial charge in [-0.05, 0) is 32.8 Å².